The first kappa shape index (κ1) is 12.9. The van der Waals surface area contributed by atoms with Gasteiger partial charge in [-0.2, -0.15) is 0 Å². The number of aromatic nitrogens is 1. The molecule has 0 spiro atoms. The number of nitrogens with one attached hydrogen (secondary N) is 1. The molecule has 2 aromatic rings. The molecule has 2 aromatic heterocycles. The third-order valence-electron chi connectivity index (χ3n) is 3.01. The lowest BCUT2D eigenvalue weighted by Crippen LogP contribution is -2.36. The standard InChI is InChI=1S/C12H12ClN3OS2/c13-10-2-1-9(19-10)11(17)15-8-3-5-16(7-8)12-14-4-6-18-12/h1-2,4,6,8H,3,5,7H2,(H,15,17)/t8-/m0/s1. The topological polar surface area (TPSA) is 45.2 Å². The summed E-state index contributed by atoms with van der Waals surface area (Å²) in [5, 5.41) is 6.04. The molecule has 1 aliphatic rings. The minimum absolute atomic E-state index is 0.0390. The van der Waals surface area contributed by atoms with Crippen LogP contribution in [0.15, 0.2) is 23.7 Å². The molecule has 1 atom stereocenters. The fraction of sp³-hybridized carbons (Fsp3) is 0.333. The Hall–Kier alpha value is -1.11. The van der Waals surface area contributed by atoms with E-state index in [1.807, 2.05) is 5.38 Å². The molecule has 0 aliphatic carbocycles. The Morgan fingerprint density at radius 3 is 3.11 bits per heavy atom. The molecular formula is C12H12ClN3OS2. The average molecular weight is 314 g/mol. The zero-order valence-corrected chi connectivity index (χ0v) is 12.4. The predicted molar refractivity (Wildman–Crippen MR) is 79.5 cm³/mol. The summed E-state index contributed by atoms with van der Waals surface area (Å²) >= 11 is 8.77. The van der Waals surface area contributed by atoms with Crippen LogP contribution in [0.25, 0.3) is 0 Å². The van der Waals surface area contributed by atoms with E-state index in [2.05, 4.69) is 15.2 Å². The van der Waals surface area contributed by atoms with Crippen LogP contribution >= 0.6 is 34.3 Å². The fourth-order valence-electron chi connectivity index (χ4n) is 2.12. The molecule has 1 amide bonds. The summed E-state index contributed by atoms with van der Waals surface area (Å²) in [6.07, 6.45) is 2.75. The Labute approximate surface area is 124 Å². The number of carbonyl (C=O) groups excluding carboxylic acids is 1. The molecule has 4 nitrogen and oxygen atoms in total. The summed E-state index contributed by atoms with van der Waals surface area (Å²) in [6, 6.07) is 3.69. The number of thiophene rings is 1. The maximum atomic E-state index is 12.0. The van der Waals surface area contributed by atoms with Crippen molar-refractivity contribution in [3.63, 3.8) is 0 Å². The second-order valence-corrected chi connectivity index (χ2v) is 6.91. The molecule has 1 aliphatic heterocycles. The molecule has 1 saturated heterocycles. The van der Waals surface area contributed by atoms with Gasteiger partial charge in [0.1, 0.15) is 0 Å². The number of anilines is 1. The number of nitrogens with zero attached hydrogens (tertiary/aromatic N) is 2. The molecule has 3 heterocycles. The highest BCUT2D eigenvalue weighted by atomic mass is 35.5. The number of carbonyl (C=O) groups is 1. The molecule has 0 bridgehead atoms. The predicted octanol–water partition coefficient (Wildman–Crippen LogP) is 2.87. The van der Waals surface area contributed by atoms with Crippen molar-refractivity contribution < 1.29 is 4.79 Å². The normalized spacial score (nSPS) is 18.8. The van der Waals surface area contributed by atoms with Crippen molar-refractivity contribution in [2.45, 2.75) is 12.5 Å². The first-order valence-corrected chi connectivity index (χ1v) is 8.00. The number of rotatable bonds is 3. The first-order valence-electron chi connectivity index (χ1n) is 5.93. The van der Waals surface area contributed by atoms with Gasteiger partial charge in [0, 0.05) is 30.7 Å². The largest absolute Gasteiger partial charge is 0.347 e. The molecule has 19 heavy (non-hydrogen) atoms. The van der Waals surface area contributed by atoms with Crippen molar-refractivity contribution in [2.75, 3.05) is 18.0 Å². The minimum Gasteiger partial charge on any atom is -0.347 e. The minimum atomic E-state index is -0.0390. The lowest BCUT2D eigenvalue weighted by atomic mass is 10.2. The zero-order valence-electron chi connectivity index (χ0n) is 10.0. The van der Waals surface area contributed by atoms with Crippen LogP contribution in [0.4, 0.5) is 5.13 Å². The SMILES string of the molecule is O=C(N[C@H]1CCN(c2nccs2)C1)c1ccc(Cl)s1. The maximum absolute atomic E-state index is 12.0. The van der Waals surface area contributed by atoms with Gasteiger partial charge in [-0.3, -0.25) is 4.79 Å². The van der Waals surface area contributed by atoms with Gasteiger partial charge in [0.2, 0.25) is 0 Å². The Kier molecular flexibility index (Phi) is 3.72. The molecule has 7 heteroatoms. The lowest BCUT2D eigenvalue weighted by Gasteiger charge is -2.15. The number of thiazole rings is 1. The van der Waals surface area contributed by atoms with Crippen molar-refractivity contribution in [1.29, 1.82) is 0 Å². The maximum Gasteiger partial charge on any atom is 0.261 e. The molecule has 1 N–H and O–H groups in total. The van der Waals surface area contributed by atoms with Crippen LogP contribution in [0.3, 0.4) is 0 Å². The van der Waals surface area contributed by atoms with Crippen molar-refractivity contribution in [1.82, 2.24) is 10.3 Å². The smallest absolute Gasteiger partial charge is 0.261 e. The summed E-state index contributed by atoms with van der Waals surface area (Å²) < 4.78 is 0.640. The van der Waals surface area contributed by atoms with Crippen molar-refractivity contribution in [2.24, 2.45) is 0 Å². The van der Waals surface area contributed by atoms with Crippen LogP contribution in [0.1, 0.15) is 16.1 Å². The van der Waals surface area contributed by atoms with Crippen LogP contribution in [-0.4, -0.2) is 30.0 Å². The number of amides is 1. The van der Waals surface area contributed by atoms with E-state index in [1.165, 1.54) is 11.3 Å². The van der Waals surface area contributed by atoms with Gasteiger partial charge in [-0.15, -0.1) is 22.7 Å². The van der Waals surface area contributed by atoms with Crippen molar-refractivity contribution >= 4 is 45.3 Å². The van der Waals surface area contributed by atoms with Crippen LogP contribution in [0, 0.1) is 0 Å². The highest BCUT2D eigenvalue weighted by molar-refractivity contribution is 7.18. The van der Waals surface area contributed by atoms with E-state index in [1.54, 1.807) is 29.7 Å². The molecule has 3 rings (SSSR count). The van der Waals surface area contributed by atoms with E-state index in [4.69, 9.17) is 11.6 Å². The second-order valence-electron chi connectivity index (χ2n) is 4.32. The summed E-state index contributed by atoms with van der Waals surface area (Å²) in [6.45, 7) is 1.75. The second kappa shape index (κ2) is 5.48. The number of hydrogen-bond donors (Lipinski definition) is 1. The van der Waals surface area contributed by atoms with Crippen molar-refractivity contribution in [3.05, 3.63) is 32.9 Å². The Morgan fingerprint density at radius 2 is 2.42 bits per heavy atom. The van der Waals surface area contributed by atoms with Gasteiger partial charge in [-0.05, 0) is 18.6 Å². The van der Waals surface area contributed by atoms with Gasteiger partial charge < -0.3 is 10.2 Å². The van der Waals surface area contributed by atoms with E-state index < -0.39 is 0 Å². The molecular weight excluding hydrogens is 302 g/mol. The Morgan fingerprint density at radius 1 is 1.53 bits per heavy atom. The molecule has 0 radical (unpaired) electrons. The molecule has 0 saturated carbocycles. The third-order valence-corrected chi connectivity index (χ3v) is 5.07. The van der Waals surface area contributed by atoms with Gasteiger partial charge in [0.05, 0.1) is 9.21 Å². The van der Waals surface area contributed by atoms with Gasteiger partial charge in [0.25, 0.3) is 5.91 Å². The van der Waals surface area contributed by atoms with Gasteiger partial charge >= 0.3 is 0 Å². The lowest BCUT2D eigenvalue weighted by molar-refractivity contribution is 0.0944. The van der Waals surface area contributed by atoms with Gasteiger partial charge in [-0.1, -0.05) is 11.6 Å². The highest BCUT2D eigenvalue weighted by Gasteiger charge is 2.25. The molecule has 0 aromatic carbocycles. The van der Waals surface area contributed by atoms with Crippen LogP contribution in [-0.2, 0) is 0 Å². The number of halogens is 1. The van der Waals surface area contributed by atoms with E-state index in [0.29, 0.717) is 9.21 Å². The average Bonchev–Trinajstić information content (AvgIpc) is 3.07. The highest BCUT2D eigenvalue weighted by Crippen LogP contribution is 2.24. The molecule has 100 valence electrons. The molecule has 1 fully saturated rings. The van der Waals surface area contributed by atoms with E-state index in [0.717, 1.165) is 24.6 Å². The summed E-state index contributed by atoms with van der Waals surface area (Å²) in [7, 11) is 0. The summed E-state index contributed by atoms with van der Waals surface area (Å²) in [4.78, 5) is 19.2. The van der Waals surface area contributed by atoms with Gasteiger partial charge in [0.15, 0.2) is 5.13 Å². The first-order chi connectivity index (χ1) is 9.22. The quantitative estimate of drug-likeness (QED) is 0.947. The van der Waals surface area contributed by atoms with Crippen LogP contribution < -0.4 is 10.2 Å². The Balaban J connectivity index is 1.59. The van der Waals surface area contributed by atoms with E-state index in [9.17, 15) is 4.79 Å². The summed E-state index contributed by atoms with van der Waals surface area (Å²) in [5.74, 6) is -0.0390. The Bertz CT molecular complexity index is 569. The monoisotopic (exact) mass is 313 g/mol. The summed E-state index contributed by atoms with van der Waals surface area (Å²) in [5.41, 5.74) is 0. The zero-order chi connectivity index (χ0) is 13.2. The van der Waals surface area contributed by atoms with E-state index in [-0.39, 0.29) is 11.9 Å². The number of hydrogen-bond acceptors (Lipinski definition) is 5. The molecule has 0 unspecified atom stereocenters. The van der Waals surface area contributed by atoms with Crippen molar-refractivity contribution in [3.8, 4) is 0 Å². The third kappa shape index (κ3) is 2.91. The van der Waals surface area contributed by atoms with E-state index >= 15 is 0 Å². The fourth-order valence-corrected chi connectivity index (χ4v) is 3.74. The van der Waals surface area contributed by atoms with Gasteiger partial charge in [-0.25, -0.2) is 4.98 Å². The van der Waals surface area contributed by atoms with Crippen LogP contribution in [0.2, 0.25) is 4.34 Å². The van der Waals surface area contributed by atoms with Crippen LogP contribution in [0.5, 0.6) is 0 Å².